The van der Waals surface area contributed by atoms with Crippen molar-refractivity contribution in [3.8, 4) is 17.0 Å². The normalized spacial score (nSPS) is 23.4. The first-order chi connectivity index (χ1) is 16.7. The lowest BCUT2D eigenvalue weighted by Gasteiger charge is -2.40. The van der Waals surface area contributed by atoms with E-state index in [0.717, 1.165) is 28.7 Å². The van der Waals surface area contributed by atoms with E-state index in [9.17, 15) is 4.79 Å². The van der Waals surface area contributed by atoms with Crippen molar-refractivity contribution in [2.75, 3.05) is 31.2 Å². The van der Waals surface area contributed by atoms with Crippen molar-refractivity contribution >= 4 is 11.8 Å². The number of amides is 1. The molecule has 1 aromatic heterocycles. The summed E-state index contributed by atoms with van der Waals surface area (Å²) in [6, 6.07) is 6.77. The standard InChI is InChI=1S/C27H36N4O4/c1-6-34-25-19(9-16(2)12-29-25)17-10-18-14-33-15-23(28)31-22-7-8-30(26(32)35-27(3,4)5)13-21(22)20(11-17)24(18)31/h9-12,21-23H,6-8,13-15,28H2,1-5H3/t21-,22-,23?/m0/s1. The fourth-order valence-electron chi connectivity index (χ4n) is 5.62. The first kappa shape index (κ1) is 23.9. The van der Waals surface area contributed by atoms with E-state index in [1.165, 1.54) is 11.3 Å². The minimum absolute atomic E-state index is 0.141. The fraction of sp³-hybridized carbons (Fsp3) is 0.556. The summed E-state index contributed by atoms with van der Waals surface area (Å²) in [5.74, 6) is 0.768. The van der Waals surface area contributed by atoms with Crippen LogP contribution in [0.15, 0.2) is 24.4 Å². The van der Waals surface area contributed by atoms with Crippen LogP contribution >= 0.6 is 0 Å². The highest BCUT2D eigenvalue weighted by Gasteiger charge is 2.47. The minimum atomic E-state index is -0.526. The third kappa shape index (κ3) is 4.45. The molecule has 8 nitrogen and oxygen atoms in total. The zero-order chi connectivity index (χ0) is 24.9. The fourth-order valence-corrected chi connectivity index (χ4v) is 5.62. The molecule has 5 rings (SSSR count). The summed E-state index contributed by atoms with van der Waals surface area (Å²) >= 11 is 0. The smallest absolute Gasteiger partial charge is 0.410 e. The maximum absolute atomic E-state index is 12.9. The second kappa shape index (κ2) is 8.99. The number of nitrogens with zero attached hydrogens (tertiary/aromatic N) is 3. The quantitative estimate of drug-likeness (QED) is 0.705. The number of likely N-dealkylation sites (tertiary alicyclic amines) is 1. The maximum atomic E-state index is 12.9. The maximum Gasteiger partial charge on any atom is 0.410 e. The molecule has 1 fully saturated rings. The SMILES string of the molecule is CCOc1ncc(C)cc1-c1cc2c3c(c1)[C@@H]1CN(C(=O)OC(C)(C)C)CC[C@@H]1N3C(N)COC2. The van der Waals surface area contributed by atoms with Gasteiger partial charge in [0.2, 0.25) is 5.88 Å². The molecule has 2 aromatic rings. The number of nitrogens with two attached hydrogens (primary N) is 1. The number of carbonyl (C=O) groups excluding carboxylic acids is 1. The lowest BCUT2D eigenvalue weighted by atomic mass is 9.87. The van der Waals surface area contributed by atoms with Gasteiger partial charge in [0.05, 0.1) is 19.8 Å². The Kier molecular flexibility index (Phi) is 6.13. The molecule has 1 unspecified atom stereocenters. The number of rotatable bonds is 3. The molecular formula is C27H36N4O4. The molecule has 1 aromatic carbocycles. The van der Waals surface area contributed by atoms with Crippen LogP contribution in [0, 0.1) is 6.92 Å². The molecule has 0 spiro atoms. The molecule has 0 radical (unpaired) electrons. The number of anilines is 1. The first-order valence-corrected chi connectivity index (χ1v) is 12.5. The zero-order valence-corrected chi connectivity index (χ0v) is 21.3. The predicted molar refractivity (Wildman–Crippen MR) is 135 cm³/mol. The van der Waals surface area contributed by atoms with E-state index in [2.05, 4.69) is 28.1 Å². The molecule has 188 valence electrons. The van der Waals surface area contributed by atoms with Crippen LogP contribution in [0.1, 0.15) is 56.7 Å². The summed E-state index contributed by atoms with van der Waals surface area (Å²) in [6.45, 7) is 12.5. The van der Waals surface area contributed by atoms with E-state index in [4.69, 9.17) is 19.9 Å². The number of fused-ring (bicyclic) bond motifs is 3. The second-order valence-electron chi connectivity index (χ2n) is 10.8. The van der Waals surface area contributed by atoms with Crippen molar-refractivity contribution in [3.05, 3.63) is 41.1 Å². The number of hydrogen-bond donors (Lipinski definition) is 1. The Morgan fingerprint density at radius 2 is 2.09 bits per heavy atom. The summed E-state index contributed by atoms with van der Waals surface area (Å²) in [7, 11) is 0. The molecule has 1 saturated heterocycles. The third-order valence-corrected chi connectivity index (χ3v) is 6.94. The van der Waals surface area contributed by atoms with Gasteiger partial charge in [-0.05, 0) is 75.9 Å². The molecule has 3 atom stereocenters. The topological polar surface area (TPSA) is 90.2 Å². The Bertz CT molecular complexity index is 1130. The Morgan fingerprint density at radius 1 is 1.29 bits per heavy atom. The molecule has 1 amide bonds. The van der Waals surface area contributed by atoms with Crippen LogP contribution in [-0.2, 0) is 16.1 Å². The van der Waals surface area contributed by atoms with Gasteiger partial charge in [-0.25, -0.2) is 9.78 Å². The predicted octanol–water partition coefficient (Wildman–Crippen LogP) is 4.18. The van der Waals surface area contributed by atoms with Crippen LogP contribution in [0.3, 0.4) is 0 Å². The first-order valence-electron chi connectivity index (χ1n) is 12.5. The number of aromatic nitrogens is 1. The molecule has 0 aliphatic carbocycles. The number of ether oxygens (including phenoxy) is 3. The lowest BCUT2D eigenvalue weighted by molar-refractivity contribution is 0.0185. The lowest BCUT2D eigenvalue weighted by Crippen LogP contribution is -2.54. The van der Waals surface area contributed by atoms with Crippen molar-refractivity contribution in [1.82, 2.24) is 9.88 Å². The van der Waals surface area contributed by atoms with Crippen molar-refractivity contribution in [2.24, 2.45) is 5.73 Å². The molecule has 3 aliphatic rings. The van der Waals surface area contributed by atoms with Crippen molar-refractivity contribution in [2.45, 2.75) is 71.4 Å². The summed E-state index contributed by atoms with van der Waals surface area (Å²) in [4.78, 5) is 21.7. The van der Waals surface area contributed by atoms with Crippen LogP contribution in [0.2, 0.25) is 0 Å². The average Bonchev–Trinajstić information content (AvgIpc) is 3.03. The Labute approximate surface area is 207 Å². The molecule has 3 aliphatic heterocycles. The third-order valence-electron chi connectivity index (χ3n) is 6.94. The van der Waals surface area contributed by atoms with Gasteiger partial charge < -0.3 is 29.7 Å². The van der Waals surface area contributed by atoms with Crippen LogP contribution in [0.4, 0.5) is 10.5 Å². The van der Waals surface area contributed by atoms with Crippen molar-refractivity contribution in [3.63, 3.8) is 0 Å². The Morgan fingerprint density at radius 3 is 2.83 bits per heavy atom. The van der Waals surface area contributed by atoms with Crippen LogP contribution in [0.5, 0.6) is 5.88 Å². The number of aryl methyl sites for hydroxylation is 1. The van der Waals surface area contributed by atoms with E-state index < -0.39 is 5.60 Å². The van der Waals surface area contributed by atoms with Gasteiger partial charge in [0.25, 0.3) is 0 Å². The van der Waals surface area contributed by atoms with Gasteiger partial charge in [-0.2, -0.15) is 0 Å². The highest BCUT2D eigenvalue weighted by Crippen LogP contribution is 2.50. The monoisotopic (exact) mass is 480 g/mol. The number of carbonyl (C=O) groups is 1. The summed E-state index contributed by atoms with van der Waals surface area (Å²) < 4.78 is 17.6. The number of pyridine rings is 1. The van der Waals surface area contributed by atoms with Gasteiger partial charge in [-0.3, -0.25) is 0 Å². The van der Waals surface area contributed by atoms with E-state index in [1.807, 2.05) is 45.7 Å². The van der Waals surface area contributed by atoms with Crippen LogP contribution in [0.25, 0.3) is 11.1 Å². The van der Waals surface area contributed by atoms with Gasteiger partial charge in [0.15, 0.2) is 0 Å². The number of piperidine rings is 1. The Balaban J connectivity index is 1.59. The molecule has 8 heteroatoms. The molecule has 0 saturated carbocycles. The number of benzene rings is 1. The molecule has 0 bridgehead atoms. The van der Waals surface area contributed by atoms with Crippen LogP contribution < -0.4 is 15.4 Å². The average molecular weight is 481 g/mol. The largest absolute Gasteiger partial charge is 0.478 e. The zero-order valence-electron chi connectivity index (χ0n) is 21.3. The van der Waals surface area contributed by atoms with E-state index in [1.54, 1.807) is 0 Å². The highest BCUT2D eigenvalue weighted by atomic mass is 16.6. The summed E-state index contributed by atoms with van der Waals surface area (Å²) in [5, 5.41) is 0. The van der Waals surface area contributed by atoms with E-state index in [0.29, 0.717) is 38.8 Å². The summed E-state index contributed by atoms with van der Waals surface area (Å²) in [6.07, 6.45) is 2.19. The van der Waals surface area contributed by atoms with Crippen molar-refractivity contribution < 1.29 is 19.0 Å². The summed E-state index contributed by atoms with van der Waals surface area (Å²) in [5.41, 5.74) is 12.7. The van der Waals surface area contributed by atoms with E-state index >= 15 is 0 Å². The molecule has 2 N–H and O–H groups in total. The molecular weight excluding hydrogens is 444 g/mol. The van der Waals surface area contributed by atoms with E-state index in [-0.39, 0.29) is 24.2 Å². The van der Waals surface area contributed by atoms with Gasteiger partial charge in [-0.1, -0.05) is 0 Å². The minimum Gasteiger partial charge on any atom is -0.478 e. The Hall–Kier alpha value is -2.84. The number of hydrogen-bond acceptors (Lipinski definition) is 7. The van der Waals surface area contributed by atoms with Gasteiger partial charge in [0, 0.05) is 48.1 Å². The van der Waals surface area contributed by atoms with Gasteiger partial charge in [-0.15, -0.1) is 0 Å². The highest BCUT2D eigenvalue weighted by molar-refractivity contribution is 5.79. The van der Waals surface area contributed by atoms with Crippen molar-refractivity contribution in [1.29, 1.82) is 0 Å². The van der Waals surface area contributed by atoms with Gasteiger partial charge in [0.1, 0.15) is 11.8 Å². The molecule has 35 heavy (non-hydrogen) atoms. The van der Waals surface area contributed by atoms with Gasteiger partial charge >= 0.3 is 6.09 Å². The second-order valence-corrected chi connectivity index (χ2v) is 10.8. The molecule has 4 heterocycles. The van der Waals surface area contributed by atoms with Crippen LogP contribution in [-0.4, -0.2) is 60.1 Å².